The maximum atomic E-state index is 12.0. The Labute approximate surface area is 137 Å². The third-order valence-corrected chi connectivity index (χ3v) is 3.71. The third kappa shape index (κ3) is 5.33. The van der Waals surface area contributed by atoms with Gasteiger partial charge in [0.15, 0.2) is 0 Å². The second-order valence-electron chi connectivity index (χ2n) is 5.64. The number of carbonyl (C=O) groups excluding carboxylic acids is 1. The van der Waals surface area contributed by atoms with Crippen molar-refractivity contribution in [2.75, 3.05) is 12.3 Å². The number of rotatable bonds is 7. The molecule has 0 aliphatic rings. The van der Waals surface area contributed by atoms with Gasteiger partial charge in [0.2, 0.25) is 5.91 Å². The number of nitrogens with one attached hydrogen (secondary N) is 1. The number of benzene rings is 2. The number of ether oxygens (including phenoxy) is 1. The number of hydrogen-bond donors (Lipinski definition) is 2. The topological polar surface area (TPSA) is 64.4 Å². The van der Waals surface area contributed by atoms with Crippen LogP contribution in [0, 0.1) is 6.92 Å². The van der Waals surface area contributed by atoms with Crippen LogP contribution in [0.4, 0.5) is 5.69 Å². The van der Waals surface area contributed by atoms with Crippen LogP contribution in [0.1, 0.15) is 24.5 Å². The molecule has 2 aromatic rings. The summed E-state index contributed by atoms with van der Waals surface area (Å²) in [6.07, 6.45) is 1.14. The van der Waals surface area contributed by atoms with Gasteiger partial charge in [-0.3, -0.25) is 4.79 Å². The van der Waals surface area contributed by atoms with Crippen molar-refractivity contribution in [2.45, 2.75) is 32.8 Å². The minimum Gasteiger partial charge on any atom is -0.488 e. The highest BCUT2D eigenvalue weighted by molar-refractivity contribution is 5.78. The molecule has 0 bridgehead atoms. The molecule has 1 amide bonds. The van der Waals surface area contributed by atoms with Crippen LogP contribution in [0.15, 0.2) is 48.5 Å². The van der Waals surface area contributed by atoms with Gasteiger partial charge >= 0.3 is 0 Å². The summed E-state index contributed by atoms with van der Waals surface area (Å²) in [7, 11) is 0. The van der Waals surface area contributed by atoms with Crippen LogP contribution in [0.5, 0.6) is 5.75 Å². The van der Waals surface area contributed by atoms with E-state index >= 15 is 0 Å². The van der Waals surface area contributed by atoms with Gasteiger partial charge < -0.3 is 15.8 Å². The van der Waals surface area contributed by atoms with Crippen molar-refractivity contribution in [3.63, 3.8) is 0 Å². The molecule has 122 valence electrons. The molecule has 4 nitrogen and oxygen atoms in total. The van der Waals surface area contributed by atoms with Crippen LogP contribution in [-0.4, -0.2) is 18.6 Å². The summed E-state index contributed by atoms with van der Waals surface area (Å²) in [5, 5.41) is 2.94. The SMILES string of the molecule is CCC(CNC(=O)Cc1ccc(N)cc1)Oc1ccccc1C. The molecular weight excluding hydrogens is 288 g/mol. The fourth-order valence-corrected chi connectivity index (χ4v) is 2.25. The maximum Gasteiger partial charge on any atom is 0.224 e. The number of hydrogen-bond acceptors (Lipinski definition) is 3. The van der Waals surface area contributed by atoms with E-state index in [-0.39, 0.29) is 12.0 Å². The highest BCUT2D eigenvalue weighted by Gasteiger charge is 2.11. The summed E-state index contributed by atoms with van der Waals surface area (Å²) in [5.74, 6) is 0.855. The first-order chi connectivity index (χ1) is 11.1. The largest absolute Gasteiger partial charge is 0.488 e. The molecule has 4 heteroatoms. The zero-order valence-electron chi connectivity index (χ0n) is 13.7. The van der Waals surface area contributed by atoms with E-state index in [2.05, 4.69) is 12.2 Å². The first-order valence-corrected chi connectivity index (χ1v) is 7.92. The second-order valence-corrected chi connectivity index (χ2v) is 5.64. The zero-order chi connectivity index (χ0) is 16.7. The molecule has 0 aliphatic carbocycles. The molecule has 0 aliphatic heterocycles. The molecule has 23 heavy (non-hydrogen) atoms. The number of aryl methyl sites for hydroxylation is 1. The van der Waals surface area contributed by atoms with E-state index in [1.54, 1.807) is 12.1 Å². The molecule has 0 spiro atoms. The number of anilines is 1. The average molecular weight is 312 g/mol. The van der Waals surface area contributed by atoms with Crippen molar-refractivity contribution in [3.8, 4) is 5.75 Å². The molecule has 3 N–H and O–H groups in total. The summed E-state index contributed by atoms with van der Waals surface area (Å²) in [6, 6.07) is 15.3. The fourth-order valence-electron chi connectivity index (χ4n) is 2.25. The van der Waals surface area contributed by atoms with Gasteiger partial charge in [0.05, 0.1) is 13.0 Å². The molecule has 1 unspecified atom stereocenters. The summed E-state index contributed by atoms with van der Waals surface area (Å²) < 4.78 is 5.98. The average Bonchev–Trinajstić information content (AvgIpc) is 2.55. The Hall–Kier alpha value is -2.49. The van der Waals surface area contributed by atoms with Gasteiger partial charge in [0, 0.05) is 5.69 Å². The Bertz CT molecular complexity index is 638. The number of para-hydroxylation sites is 1. The van der Waals surface area contributed by atoms with Crippen molar-refractivity contribution >= 4 is 11.6 Å². The third-order valence-electron chi connectivity index (χ3n) is 3.71. The van der Waals surface area contributed by atoms with Gasteiger partial charge in [-0.15, -0.1) is 0 Å². The number of nitrogen functional groups attached to an aromatic ring is 1. The van der Waals surface area contributed by atoms with E-state index in [0.717, 1.165) is 23.3 Å². The minimum atomic E-state index is -0.0357. The van der Waals surface area contributed by atoms with E-state index < -0.39 is 0 Å². The summed E-state index contributed by atoms with van der Waals surface area (Å²) in [5.41, 5.74) is 8.39. The van der Waals surface area contributed by atoms with Crippen LogP contribution >= 0.6 is 0 Å². The number of nitrogens with two attached hydrogens (primary N) is 1. The molecule has 0 saturated carbocycles. The van der Waals surface area contributed by atoms with Crippen LogP contribution in [-0.2, 0) is 11.2 Å². The summed E-state index contributed by atoms with van der Waals surface area (Å²) >= 11 is 0. The summed E-state index contributed by atoms with van der Waals surface area (Å²) in [4.78, 5) is 12.0. The molecule has 0 heterocycles. The minimum absolute atomic E-state index is 0.0124. The first kappa shape index (κ1) is 16.9. The molecule has 0 radical (unpaired) electrons. The smallest absolute Gasteiger partial charge is 0.224 e. The Morgan fingerprint density at radius 2 is 1.87 bits per heavy atom. The lowest BCUT2D eigenvalue weighted by molar-refractivity contribution is -0.120. The van der Waals surface area contributed by atoms with Crippen molar-refractivity contribution in [2.24, 2.45) is 0 Å². The normalized spacial score (nSPS) is 11.7. The van der Waals surface area contributed by atoms with Gasteiger partial charge in [-0.1, -0.05) is 37.3 Å². The lowest BCUT2D eigenvalue weighted by Crippen LogP contribution is -2.35. The van der Waals surface area contributed by atoms with E-state index in [9.17, 15) is 4.79 Å². The fraction of sp³-hybridized carbons (Fsp3) is 0.316. The van der Waals surface area contributed by atoms with Crippen molar-refractivity contribution in [3.05, 3.63) is 59.7 Å². The molecule has 1 atom stereocenters. The van der Waals surface area contributed by atoms with Crippen molar-refractivity contribution in [1.82, 2.24) is 5.32 Å². The van der Waals surface area contributed by atoms with Crippen LogP contribution in [0.2, 0.25) is 0 Å². The van der Waals surface area contributed by atoms with Crippen LogP contribution < -0.4 is 15.8 Å². The predicted molar refractivity (Wildman–Crippen MR) is 93.5 cm³/mol. The monoisotopic (exact) mass is 312 g/mol. The van der Waals surface area contributed by atoms with Gasteiger partial charge in [-0.25, -0.2) is 0 Å². The molecule has 2 rings (SSSR count). The maximum absolute atomic E-state index is 12.0. The van der Waals surface area contributed by atoms with Gasteiger partial charge in [0.25, 0.3) is 0 Å². The van der Waals surface area contributed by atoms with Crippen molar-refractivity contribution < 1.29 is 9.53 Å². The highest BCUT2D eigenvalue weighted by Crippen LogP contribution is 2.18. The standard InChI is InChI=1S/C19H24N2O2/c1-3-17(23-18-7-5-4-6-14(18)2)13-21-19(22)12-15-8-10-16(20)11-9-15/h4-11,17H,3,12-13,20H2,1-2H3,(H,21,22). The quantitative estimate of drug-likeness (QED) is 0.772. The molecular formula is C19H24N2O2. The number of carbonyl (C=O) groups is 1. The van der Waals surface area contributed by atoms with Crippen molar-refractivity contribution in [1.29, 1.82) is 0 Å². The van der Waals surface area contributed by atoms with Gasteiger partial charge in [-0.2, -0.15) is 0 Å². The zero-order valence-corrected chi connectivity index (χ0v) is 13.7. The predicted octanol–water partition coefficient (Wildman–Crippen LogP) is 3.09. The Morgan fingerprint density at radius 1 is 1.17 bits per heavy atom. The van der Waals surface area contributed by atoms with E-state index in [4.69, 9.17) is 10.5 Å². The van der Waals surface area contributed by atoms with Gasteiger partial charge in [0.1, 0.15) is 11.9 Å². The first-order valence-electron chi connectivity index (χ1n) is 7.92. The lowest BCUT2D eigenvalue weighted by Gasteiger charge is -2.19. The molecule has 2 aromatic carbocycles. The van der Waals surface area contributed by atoms with E-state index in [1.807, 2.05) is 43.3 Å². The number of amides is 1. The lowest BCUT2D eigenvalue weighted by atomic mass is 10.1. The summed E-state index contributed by atoms with van der Waals surface area (Å²) in [6.45, 7) is 4.56. The van der Waals surface area contributed by atoms with Crippen LogP contribution in [0.3, 0.4) is 0 Å². The molecule has 0 saturated heterocycles. The van der Waals surface area contributed by atoms with E-state index in [1.165, 1.54) is 0 Å². The molecule has 0 aromatic heterocycles. The highest BCUT2D eigenvalue weighted by atomic mass is 16.5. The van der Waals surface area contributed by atoms with Crippen LogP contribution in [0.25, 0.3) is 0 Å². The second kappa shape index (κ2) is 8.22. The molecule has 0 fully saturated rings. The Kier molecular flexibility index (Phi) is 6.03. The Balaban J connectivity index is 1.84. The Morgan fingerprint density at radius 3 is 2.52 bits per heavy atom. The van der Waals surface area contributed by atoms with Gasteiger partial charge in [-0.05, 0) is 42.7 Å². The van der Waals surface area contributed by atoms with E-state index in [0.29, 0.717) is 18.7 Å².